The predicted molar refractivity (Wildman–Crippen MR) is 86.6 cm³/mol. The Morgan fingerprint density at radius 1 is 1.00 bits per heavy atom. The number of Topliss-reactive ketones (excluding diaryl/α,β-unsaturated/α-hetero) is 2. The average Bonchev–Trinajstić information content (AvgIpc) is 2.59. The van der Waals surface area contributed by atoms with Crippen LogP contribution in [0.2, 0.25) is 0 Å². The van der Waals surface area contributed by atoms with Gasteiger partial charge in [0.1, 0.15) is 5.69 Å². The first-order chi connectivity index (χ1) is 11.1. The molecule has 0 bridgehead atoms. The zero-order valence-electron chi connectivity index (χ0n) is 12.9. The SMILES string of the molecule is CCc1cnc2ccc(C(=O)C(=O)c3cccc(C)n3)cc2n1. The lowest BCUT2D eigenvalue weighted by molar-refractivity contribution is 0.0814. The quantitative estimate of drug-likeness (QED) is 0.547. The Bertz CT molecular complexity index is 919. The number of carbonyl (C=O) groups is 2. The molecule has 0 aliphatic rings. The number of hydrogen-bond acceptors (Lipinski definition) is 5. The van der Waals surface area contributed by atoms with Crippen molar-refractivity contribution in [1.82, 2.24) is 15.0 Å². The summed E-state index contributed by atoms with van der Waals surface area (Å²) in [5.74, 6) is -1.21. The van der Waals surface area contributed by atoms with Crippen LogP contribution in [0.5, 0.6) is 0 Å². The van der Waals surface area contributed by atoms with E-state index in [-0.39, 0.29) is 5.69 Å². The van der Waals surface area contributed by atoms with E-state index in [1.807, 2.05) is 6.92 Å². The first-order valence-corrected chi connectivity index (χ1v) is 7.37. The van der Waals surface area contributed by atoms with Crippen molar-refractivity contribution in [2.75, 3.05) is 0 Å². The number of carbonyl (C=O) groups excluding carboxylic acids is 2. The van der Waals surface area contributed by atoms with E-state index in [0.29, 0.717) is 22.3 Å². The molecule has 2 heterocycles. The molecule has 114 valence electrons. The molecule has 0 aliphatic heterocycles. The summed E-state index contributed by atoms with van der Waals surface area (Å²) in [6, 6.07) is 9.94. The largest absolute Gasteiger partial charge is 0.285 e. The summed E-state index contributed by atoms with van der Waals surface area (Å²) in [6.07, 6.45) is 2.47. The molecular formula is C18H15N3O2. The fourth-order valence-electron chi connectivity index (χ4n) is 2.28. The predicted octanol–water partition coefficient (Wildman–Crippen LogP) is 2.96. The number of fused-ring (bicyclic) bond motifs is 1. The maximum Gasteiger partial charge on any atom is 0.251 e. The van der Waals surface area contributed by atoms with E-state index in [4.69, 9.17) is 0 Å². The fourth-order valence-corrected chi connectivity index (χ4v) is 2.28. The van der Waals surface area contributed by atoms with E-state index in [2.05, 4.69) is 15.0 Å². The van der Waals surface area contributed by atoms with Gasteiger partial charge in [-0.3, -0.25) is 14.6 Å². The molecule has 0 N–H and O–H groups in total. The fraction of sp³-hybridized carbons (Fsp3) is 0.167. The maximum atomic E-state index is 12.4. The molecule has 1 aromatic carbocycles. The van der Waals surface area contributed by atoms with E-state index in [1.165, 1.54) is 0 Å². The summed E-state index contributed by atoms with van der Waals surface area (Å²) in [6.45, 7) is 3.76. The van der Waals surface area contributed by atoms with Gasteiger partial charge >= 0.3 is 0 Å². The molecule has 5 nitrogen and oxygen atoms in total. The highest BCUT2D eigenvalue weighted by atomic mass is 16.2. The van der Waals surface area contributed by atoms with Crippen LogP contribution in [0.4, 0.5) is 0 Å². The second-order valence-electron chi connectivity index (χ2n) is 5.24. The number of nitrogens with zero attached hydrogens (tertiary/aromatic N) is 3. The molecule has 2 aromatic heterocycles. The van der Waals surface area contributed by atoms with Crippen LogP contribution in [0.3, 0.4) is 0 Å². The van der Waals surface area contributed by atoms with Crippen molar-refractivity contribution in [1.29, 1.82) is 0 Å². The molecule has 3 aromatic rings. The van der Waals surface area contributed by atoms with Crippen molar-refractivity contribution in [3.63, 3.8) is 0 Å². The van der Waals surface area contributed by atoms with Crippen molar-refractivity contribution in [2.45, 2.75) is 20.3 Å². The lowest BCUT2D eigenvalue weighted by Gasteiger charge is -2.04. The molecule has 23 heavy (non-hydrogen) atoms. The van der Waals surface area contributed by atoms with E-state index < -0.39 is 11.6 Å². The minimum absolute atomic E-state index is 0.156. The van der Waals surface area contributed by atoms with E-state index in [0.717, 1.165) is 12.1 Å². The van der Waals surface area contributed by atoms with Gasteiger partial charge in [0.2, 0.25) is 5.78 Å². The molecule has 0 fully saturated rings. The standard InChI is InChI=1S/C18H15N3O2/c1-3-13-10-19-14-8-7-12(9-16(14)21-13)17(22)18(23)15-6-4-5-11(2)20-15/h4-10H,3H2,1-2H3. The van der Waals surface area contributed by atoms with Gasteiger partial charge in [-0.1, -0.05) is 13.0 Å². The lowest BCUT2D eigenvalue weighted by atomic mass is 10.0. The third-order valence-electron chi connectivity index (χ3n) is 3.54. The molecule has 5 heteroatoms. The van der Waals surface area contributed by atoms with Gasteiger partial charge in [0, 0.05) is 17.5 Å². The minimum Gasteiger partial charge on any atom is -0.285 e. The minimum atomic E-state index is -0.618. The molecule has 0 amide bonds. The maximum absolute atomic E-state index is 12.4. The number of aromatic nitrogens is 3. The highest BCUT2D eigenvalue weighted by Gasteiger charge is 2.20. The highest BCUT2D eigenvalue weighted by Crippen LogP contribution is 2.15. The zero-order chi connectivity index (χ0) is 16.4. The van der Waals surface area contributed by atoms with Crippen molar-refractivity contribution in [2.24, 2.45) is 0 Å². The topological polar surface area (TPSA) is 72.8 Å². The summed E-state index contributed by atoms with van der Waals surface area (Å²) >= 11 is 0. The summed E-state index contributed by atoms with van der Waals surface area (Å²) in [5.41, 5.74) is 3.30. The Morgan fingerprint density at radius 3 is 2.57 bits per heavy atom. The van der Waals surface area contributed by atoms with Crippen LogP contribution >= 0.6 is 0 Å². The van der Waals surface area contributed by atoms with Gasteiger partial charge in [0.05, 0.1) is 16.7 Å². The van der Waals surface area contributed by atoms with E-state index in [1.54, 1.807) is 49.5 Å². The number of rotatable bonds is 4. The molecule has 0 saturated heterocycles. The van der Waals surface area contributed by atoms with Crippen LogP contribution in [0.1, 0.15) is 39.2 Å². The monoisotopic (exact) mass is 305 g/mol. The van der Waals surface area contributed by atoms with Crippen LogP contribution < -0.4 is 0 Å². The van der Waals surface area contributed by atoms with Gasteiger partial charge in [-0.25, -0.2) is 9.97 Å². The van der Waals surface area contributed by atoms with Crippen molar-refractivity contribution >= 4 is 22.6 Å². The summed E-state index contributed by atoms with van der Waals surface area (Å²) in [7, 11) is 0. The summed E-state index contributed by atoms with van der Waals surface area (Å²) in [4.78, 5) is 37.6. The molecule has 0 radical (unpaired) electrons. The number of ketones is 2. The Balaban J connectivity index is 1.98. The molecular weight excluding hydrogens is 290 g/mol. The molecule has 0 unspecified atom stereocenters. The summed E-state index contributed by atoms with van der Waals surface area (Å²) < 4.78 is 0. The van der Waals surface area contributed by atoms with Gasteiger partial charge in [0.15, 0.2) is 0 Å². The van der Waals surface area contributed by atoms with Crippen LogP contribution in [-0.4, -0.2) is 26.5 Å². The van der Waals surface area contributed by atoms with Crippen LogP contribution in [0.15, 0.2) is 42.6 Å². The average molecular weight is 305 g/mol. The van der Waals surface area contributed by atoms with E-state index in [9.17, 15) is 9.59 Å². The summed E-state index contributed by atoms with van der Waals surface area (Å²) in [5, 5.41) is 0. The molecule has 3 rings (SSSR count). The van der Waals surface area contributed by atoms with Crippen molar-refractivity contribution < 1.29 is 9.59 Å². The van der Waals surface area contributed by atoms with Crippen LogP contribution in [0.25, 0.3) is 11.0 Å². The van der Waals surface area contributed by atoms with Gasteiger partial charge in [0.25, 0.3) is 5.78 Å². The number of benzene rings is 1. The van der Waals surface area contributed by atoms with Gasteiger partial charge in [-0.05, 0) is 43.7 Å². The second-order valence-corrected chi connectivity index (χ2v) is 5.24. The van der Waals surface area contributed by atoms with Crippen molar-refractivity contribution in [3.05, 3.63) is 65.2 Å². The first-order valence-electron chi connectivity index (χ1n) is 7.37. The number of pyridine rings is 1. The molecule has 0 aliphatic carbocycles. The molecule has 0 saturated carbocycles. The third-order valence-corrected chi connectivity index (χ3v) is 3.54. The Labute approximate surface area is 133 Å². The van der Waals surface area contributed by atoms with Gasteiger partial charge in [-0.15, -0.1) is 0 Å². The van der Waals surface area contributed by atoms with Gasteiger partial charge < -0.3 is 0 Å². The Kier molecular flexibility index (Phi) is 3.93. The third kappa shape index (κ3) is 2.99. The lowest BCUT2D eigenvalue weighted by Crippen LogP contribution is -2.16. The van der Waals surface area contributed by atoms with Crippen molar-refractivity contribution in [3.8, 4) is 0 Å². The van der Waals surface area contributed by atoms with E-state index >= 15 is 0 Å². The molecule has 0 spiro atoms. The first kappa shape index (κ1) is 15.0. The normalized spacial score (nSPS) is 10.7. The van der Waals surface area contributed by atoms with Gasteiger partial charge in [-0.2, -0.15) is 0 Å². The van der Waals surface area contributed by atoms with Crippen LogP contribution in [0, 0.1) is 6.92 Å². The van der Waals surface area contributed by atoms with Crippen LogP contribution in [-0.2, 0) is 6.42 Å². The Morgan fingerprint density at radius 2 is 1.83 bits per heavy atom. The number of hydrogen-bond donors (Lipinski definition) is 0. The smallest absolute Gasteiger partial charge is 0.251 e. The molecule has 0 atom stereocenters. The highest BCUT2D eigenvalue weighted by molar-refractivity contribution is 6.49. The zero-order valence-corrected chi connectivity index (χ0v) is 12.9. The second kappa shape index (κ2) is 6.04. The number of aryl methyl sites for hydroxylation is 2. The Hall–Kier alpha value is -2.95.